The molecule has 6 atom stereocenters. The SMILES string of the molecule is CC(N)COCCOC(C)COCC(C)N.CCCC(C)COCCOC(C)COCC(C)CCC. The normalized spacial score (nSPS) is 16.5. The average Bonchev–Trinajstić information content (AvgIpc) is 2.79. The summed E-state index contributed by atoms with van der Waals surface area (Å²) in [7, 11) is 0. The Kier molecular flexibility index (Phi) is 29.1. The second kappa shape index (κ2) is 27.7. The van der Waals surface area contributed by atoms with E-state index in [2.05, 4.69) is 34.6 Å². The maximum atomic E-state index is 5.68. The molecule has 4 N–H and O–H groups in total. The van der Waals surface area contributed by atoms with E-state index < -0.39 is 0 Å². The molecule has 6 unspecified atom stereocenters. The highest BCUT2D eigenvalue weighted by molar-refractivity contribution is 4.54. The van der Waals surface area contributed by atoms with Gasteiger partial charge < -0.3 is 39.9 Å². The Labute approximate surface area is 223 Å². The molecule has 0 aromatic heterocycles. The van der Waals surface area contributed by atoms with Crippen LogP contribution in [-0.4, -0.2) is 90.4 Å². The number of hydrogen-bond donors (Lipinski definition) is 2. The molecule has 0 bridgehead atoms. The molecule has 220 valence electrons. The molecule has 0 aliphatic heterocycles. The van der Waals surface area contributed by atoms with Crippen molar-refractivity contribution in [2.75, 3.05) is 66.1 Å². The summed E-state index contributed by atoms with van der Waals surface area (Å²) in [4.78, 5) is 0. The molecule has 0 saturated heterocycles. The van der Waals surface area contributed by atoms with Crippen molar-refractivity contribution >= 4 is 0 Å². The first-order chi connectivity index (χ1) is 17.1. The van der Waals surface area contributed by atoms with Crippen LogP contribution in [0.15, 0.2) is 0 Å². The van der Waals surface area contributed by atoms with E-state index in [1.807, 2.05) is 20.8 Å². The van der Waals surface area contributed by atoms with Crippen molar-refractivity contribution in [2.45, 2.75) is 105 Å². The summed E-state index contributed by atoms with van der Waals surface area (Å²) in [5.74, 6) is 1.30. The Morgan fingerprint density at radius 2 is 0.833 bits per heavy atom. The van der Waals surface area contributed by atoms with Crippen LogP contribution in [0.1, 0.15) is 81.1 Å². The Morgan fingerprint density at radius 1 is 0.472 bits per heavy atom. The predicted octanol–water partition coefficient (Wildman–Crippen LogP) is 4.42. The molecule has 0 fully saturated rings. The highest BCUT2D eigenvalue weighted by atomic mass is 16.6. The van der Waals surface area contributed by atoms with Gasteiger partial charge in [0.15, 0.2) is 0 Å². The molecule has 0 aromatic rings. The van der Waals surface area contributed by atoms with Crippen molar-refractivity contribution in [2.24, 2.45) is 23.3 Å². The quantitative estimate of drug-likeness (QED) is 0.179. The summed E-state index contributed by atoms with van der Waals surface area (Å²) in [6.07, 6.45) is 5.15. The third-order valence-electron chi connectivity index (χ3n) is 5.09. The fourth-order valence-electron chi connectivity index (χ4n) is 3.27. The molecule has 8 nitrogen and oxygen atoms in total. The largest absolute Gasteiger partial charge is 0.379 e. The van der Waals surface area contributed by atoms with Gasteiger partial charge in [-0.25, -0.2) is 0 Å². The fraction of sp³-hybridized carbons (Fsp3) is 1.00. The minimum absolute atomic E-state index is 0.0673. The Hall–Kier alpha value is -0.320. The van der Waals surface area contributed by atoms with Gasteiger partial charge in [-0.2, -0.15) is 0 Å². The Morgan fingerprint density at radius 3 is 1.25 bits per heavy atom. The molecule has 0 saturated carbocycles. The zero-order chi connectivity index (χ0) is 27.6. The summed E-state index contributed by atoms with van der Waals surface area (Å²) in [6.45, 7) is 23.3. The van der Waals surface area contributed by atoms with E-state index in [9.17, 15) is 0 Å². The second-order valence-corrected chi connectivity index (χ2v) is 10.3. The molecule has 0 spiro atoms. The van der Waals surface area contributed by atoms with Gasteiger partial charge in [0, 0.05) is 25.3 Å². The molecule has 0 aliphatic rings. The molecule has 0 heterocycles. The molecule has 0 radical (unpaired) electrons. The van der Waals surface area contributed by atoms with Crippen LogP contribution in [0.5, 0.6) is 0 Å². The van der Waals surface area contributed by atoms with Gasteiger partial charge in [0.05, 0.1) is 65.1 Å². The van der Waals surface area contributed by atoms with Gasteiger partial charge in [0.2, 0.25) is 0 Å². The van der Waals surface area contributed by atoms with Gasteiger partial charge in [-0.3, -0.25) is 0 Å². The van der Waals surface area contributed by atoms with Crippen LogP contribution in [-0.2, 0) is 28.4 Å². The minimum atomic E-state index is 0.0673. The van der Waals surface area contributed by atoms with E-state index in [0.29, 0.717) is 64.7 Å². The molecule has 36 heavy (non-hydrogen) atoms. The first-order valence-electron chi connectivity index (χ1n) is 14.2. The van der Waals surface area contributed by atoms with Crippen molar-refractivity contribution in [1.29, 1.82) is 0 Å². The lowest BCUT2D eigenvalue weighted by Crippen LogP contribution is -2.26. The van der Waals surface area contributed by atoms with Gasteiger partial charge in [-0.15, -0.1) is 0 Å². The molecule has 8 heteroatoms. The second-order valence-electron chi connectivity index (χ2n) is 10.3. The molecule has 0 amide bonds. The van der Waals surface area contributed by atoms with Gasteiger partial charge >= 0.3 is 0 Å². The van der Waals surface area contributed by atoms with Crippen LogP contribution >= 0.6 is 0 Å². The topological polar surface area (TPSA) is 107 Å². The van der Waals surface area contributed by atoms with E-state index in [-0.39, 0.29) is 24.3 Å². The first kappa shape index (κ1) is 37.8. The summed E-state index contributed by atoms with van der Waals surface area (Å²) >= 11 is 0. The zero-order valence-corrected chi connectivity index (χ0v) is 25.0. The number of hydrogen-bond acceptors (Lipinski definition) is 8. The molecule has 0 aromatic carbocycles. The van der Waals surface area contributed by atoms with E-state index in [0.717, 1.165) is 13.2 Å². The molecular formula is C28H62N2O6. The van der Waals surface area contributed by atoms with Crippen LogP contribution < -0.4 is 11.5 Å². The maximum absolute atomic E-state index is 5.68. The molecule has 0 rings (SSSR count). The van der Waals surface area contributed by atoms with Crippen molar-refractivity contribution < 1.29 is 28.4 Å². The molecular weight excluding hydrogens is 460 g/mol. The van der Waals surface area contributed by atoms with E-state index in [1.165, 1.54) is 25.7 Å². The average molecular weight is 523 g/mol. The van der Waals surface area contributed by atoms with Crippen LogP contribution in [0.2, 0.25) is 0 Å². The zero-order valence-electron chi connectivity index (χ0n) is 25.0. The smallest absolute Gasteiger partial charge is 0.0781 e. The summed E-state index contributed by atoms with van der Waals surface area (Å²) in [6, 6.07) is 0.147. The molecule has 0 aliphatic carbocycles. The summed E-state index contributed by atoms with van der Waals surface area (Å²) in [5, 5.41) is 0. The summed E-state index contributed by atoms with van der Waals surface area (Å²) < 4.78 is 33.0. The van der Waals surface area contributed by atoms with Gasteiger partial charge in [0.1, 0.15) is 0 Å². The monoisotopic (exact) mass is 522 g/mol. The fourth-order valence-corrected chi connectivity index (χ4v) is 3.27. The van der Waals surface area contributed by atoms with Crippen molar-refractivity contribution in [1.82, 2.24) is 0 Å². The van der Waals surface area contributed by atoms with Crippen LogP contribution in [0.25, 0.3) is 0 Å². The standard InChI is InChI=1S/C17H36O3.C11H26N2O3/c1-6-8-15(3)12-18-10-11-20-17(5)14-19-13-16(4)9-7-2;1-9(12)6-14-4-5-16-11(3)8-15-7-10(2)13/h15-17H,6-14H2,1-5H3;9-11H,4-8,12-13H2,1-3H3. The van der Waals surface area contributed by atoms with Gasteiger partial charge in [-0.05, 0) is 52.4 Å². The Balaban J connectivity index is 0. The first-order valence-corrected chi connectivity index (χ1v) is 14.2. The number of ether oxygens (including phenoxy) is 6. The minimum Gasteiger partial charge on any atom is -0.379 e. The highest BCUT2D eigenvalue weighted by Gasteiger charge is 2.06. The van der Waals surface area contributed by atoms with Crippen molar-refractivity contribution in [3.05, 3.63) is 0 Å². The van der Waals surface area contributed by atoms with E-state index >= 15 is 0 Å². The van der Waals surface area contributed by atoms with E-state index in [4.69, 9.17) is 39.9 Å². The maximum Gasteiger partial charge on any atom is 0.0781 e. The van der Waals surface area contributed by atoms with Gasteiger partial charge in [-0.1, -0.05) is 40.5 Å². The third kappa shape index (κ3) is 31.7. The lowest BCUT2D eigenvalue weighted by molar-refractivity contribution is -0.0380. The number of rotatable bonds is 24. The Bertz CT molecular complexity index is 429. The van der Waals surface area contributed by atoms with Crippen molar-refractivity contribution in [3.8, 4) is 0 Å². The van der Waals surface area contributed by atoms with Crippen LogP contribution in [0, 0.1) is 11.8 Å². The third-order valence-corrected chi connectivity index (χ3v) is 5.09. The van der Waals surface area contributed by atoms with E-state index in [1.54, 1.807) is 0 Å². The van der Waals surface area contributed by atoms with Crippen LogP contribution in [0.3, 0.4) is 0 Å². The lowest BCUT2D eigenvalue weighted by atomic mass is 10.1. The lowest BCUT2D eigenvalue weighted by Gasteiger charge is -2.16. The van der Waals surface area contributed by atoms with Crippen LogP contribution in [0.4, 0.5) is 0 Å². The highest BCUT2D eigenvalue weighted by Crippen LogP contribution is 2.06. The van der Waals surface area contributed by atoms with Gasteiger partial charge in [0.25, 0.3) is 0 Å². The predicted molar refractivity (Wildman–Crippen MR) is 150 cm³/mol. The van der Waals surface area contributed by atoms with Crippen molar-refractivity contribution in [3.63, 3.8) is 0 Å². The number of nitrogens with two attached hydrogens (primary N) is 2. The summed E-state index contributed by atoms with van der Waals surface area (Å²) in [5.41, 5.74) is 11.1.